The van der Waals surface area contributed by atoms with E-state index in [1.54, 1.807) is 38.0 Å². The number of hydrogen-bond donors (Lipinski definition) is 3. The minimum atomic E-state index is 0.502. The van der Waals surface area contributed by atoms with Crippen LogP contribution in [0.2, 0.25) is 0 Å². The Hall–Kier alpha value is -2.71. The number of nitrogens with zero attached hydrogens (tertiary/aromatic N) is 2. The zero-order valence-electron chi connectivity index (χ0n) is 15.9. The third-order valence-corrected chi connectivity index (χ3v) is 6.33. The molecular formula is C20H23N5O2S. The average molecular weight is 398 g/mol. The first-order valence-corrected chi connectivity index (χ1v) is 9.95. The Morgan fingerprint density at radius 1 is 1.36 bits per heavy atom. The summed E-state index contributed by atoms with van der Waals surface area (Å²) in [6, 6.07) is 3.53. The molecule has 146 valence electrons. The van der Waals surface area contributed by atoms with Gasteiger partial charge < -0.3 is 25.9 Å². The number of nitrogens with one attached hydrogen (secondary N) is 2. The first kappa shape index (κ1) is 18.6. The van der Waals surface area contributed by atoms with Crippen LogP contribution in [-0.2, 0) is 17.6 Å². The van der Waals surface area contributed by atoms with Crippen LogP contribution in [0, 0.1) is 11.3 Å². The zero-order chi connectivity index (χ0) is 19.7. The SMILES string of the molecule is COCC1CCc2c(sc3ncnc(Nc4cc(C=N)c(N)cc4OC)c23)C1. The van der Waals surface area contributed by atoms with Gasteiger partial charge in [0, 0.05) is 42.1 Å². The number of benzene rings is 1. The summed E-state index contributed by atoms with van der Waals surface area (Å²) in [5, 5.41) is 12.0. The maximum atomic E-state index is 7.56. The fourth-order valence-electron chi connectivity index (χ4n) is 3.78. The Bertz CT molecular complexity index is 1030. The molecule has 0 amide bonds. The molecule has 1 aliphatic rings. The van der Waals surface area contributed by atoms with Gasteiger partial charge in [0.25, 0.3) is 0 Å². The number of fused-ring (bicyclic) bond motifs is 3. The van der Waals surface area contributed by atoms with E-state index < -0.39 is 0 Å². The Kier molecular flexibility index (Phi) is 5.15. The van der Waals surface area contributed by atoms with Gasteiger partial charge in [0.15, 0.2) is 0 Å². The summed E-state index contributed by atoms with van der Waals surface area (Å²) < 4.78 is 10.8. The van der Waals surface area contributed by atoms with Crippen LogP contribution in [-0.4, -0.2) is 37.0 Å². The second kappa shape index (κ2) is 7.73. The molecule has 8 heteroatoms. The van der Waals surface area contributed by atoms with E-state index in [9.17, 15) is 0 Å². The maximum absolute atomic E-state index is 7.56. The van der Waals surface area contributed by atoms with Crippen molar-refractivity contribution in [3.05, 3.63) is 34.5 Å². The highest BCUT2D eigenvalue weighted by Crippen LogP contribution is 2.41. The Morgan fingerprint density at radius 2 is 2.21 bits per heavy atom. The highest BCUT2D eigenvalue weighted by atomic mass is 32.1. The highest BCUT2D eigenvalue weighted by molar-refractivity contribution is 7.19. The molecule has 2 heterocycles. The van der Waals surface area contributed by atoms with E-state index in [2.05, 4.69) is 15.3 Å². The molecule has 1 atom stereocenters. The molecular weight excluding hydrogens is 374 g/mol. The lowest BCUT2D eigenvalue weighted by Crippen LogP contribution is -2.17. The number of aryl methyl sites for hydroxylation is 1. The molecule has 0 radical (unpaired) electrons. The van der Waals surface area contributed by atoms with Crippen molar-refractivity contribution >= 4 is 45.0 Å². The summed E-state index contributed by atoms with van der Waals surface area (Å²) in [7, 11) is 3.36. The molecule has 0 saturated carbocycles. The fraction of sp³-hybridized carbons (Fsp3) is 0.350. The molecule has 0 bridgehead atoms. The lowest BCUT2D eigenvalue weighted by atomic mass is 9.88. The van der Waals surface area contributed by atoms with Crippen LogP contribution in [0.3, 0.4) is 0 Å². The van der Waals surface area contributed by atoms with E-state index in [0.717, 1.165) is 47.6 Å². The second-order valence-corrected chi connectivity index (χ2v) is 8.00. The van der Waals surface area contributed by atoms with Crippen LogP contribution in [0.4, 0.5) is 17.2 Å². The van der Waals surface area contributed by atoms with Gasteiger partial charge in [0.1, 0.15) is 22.7 Å². The van der Waals surface area contributed by atoms with E-state index in [0.29, 0.717) is 22.9 Å². The normalized spacial score (nSPS) is 16.0. The zero-order valence-corrected chi connectivity index (χ0v) is 16.7. The van der Waals surface area contributed by atoms with Crippen molar-refractivity contribution in [2.45, 2.75) is 19.3 Å². The number of anilines is 3. The third-order valence-electron chi connectivity index (χ3n) is 5.16. The van der Waals surface area contributed by atoms with Crippen molar-refractivity contribution in [3.63, 3.8) is 0 Å². The Labute approximate surface area is 167 Å². The molecule has 3 aromatic rings. The fourth-order valence-corrected chi connectivity index (χ4v) is 5.08. The maximum Gasteiger partial charge on any atom is 0.144 e. The molecule has 1 aliphatic carbocycles. The Morgan fingerprint density at radius 3 is 2.96 bits per heavy atom. The van der Waals surface area contributed by atoms with Crippen LogP contribution < -0.4 is 15.8 Å². The largest absolute Gasteiger partial charge is 0.494 e. The minimum Gasteiger partial charge on any atom is -0.494 e. The number of aromatic nitrogens is 2. The monoisotopic (exact) mass is 397 g/mol. The number of nitrogen functional groups attached to an aromatic ring is 1. The Balaban J connectivity index is 1.76. The number of ether oxygens (including phenoxy) is 2. The lowest BCUT2D eigenvalue weighted by molar-refractivity contribution is 0.145. The average Bonchev–Trinajstić information content (AvgIpc) is 3.07. The lowest BCUT2D eigenvalue weighted by Gasteiger charge is -2.21. The molecule has 1 unspecified atom stereocenters. The third kappa shape index (κ3) is 3.29. The van der Waals surface area contributed by atoms with Gasteiger partial charge in [-0.2, -0.15) is 0 Å². The molecule has 0 spiro atoms. The standard InChI is InChI=1S/C20H23N5O2S/c1-26-9-11-3-4-13-17(5-11)28-20-18(13)19(23-10-24-20)25-15-6-12(8-21)14(22)7-16(15)27-2/h6-8,10-11,21H,3-5,9,22H2,1-2H3,(H,23,24,25). The van der Waals surface area contributed by atoms with E-state index in [-0.39, 0.29) is 0 Å². The highest BCUT2D eigenvalue weighted by Gasteiger charge is 2.25. The molecule has 1 aromatic carbocycles. The first-order valence-electron chi connectivity index (χ1n) is 9.13. The summed E-state index contributed by atoms with van der Waals surface area (Å²) in [5.74, 6) is 1.92. The van der Waals surface area contributed by atoms with Gasteiger partial charge in [-0.25, -0.2) is 9.97 Å². The number of methoxy groups -OCH3 is 2. The summed E-state index contributed by atoms with van der Waals surface area (Å²) in [6.07, 6.45) is 5.94. The van der Waals surface area contributed by atoms with Gasteiger partial charge in [0.05, 0.1) is 18.2 Å². The number of rotatable bonds is 6. The molecule has 4 N–H and O–H groups in total. The van der Waals surface area contributed by atoms with Gasteiger partial charge in [-0.3, -0.25) is 0 Å². The van der Waals surface area contributed by atoms with E-state index in [1.807, 2.05) is 6.07 Å². The van der Waals surface area contributed by atoms with Crippen molar-refractivity contribution < 1.29 is 9.47 Å². The predicted octanol–water partition coefficient (Wildman–Crippen LogP) is 3.77. The molecule has 2 aromatic heterocycles. The van der Waals surface area contributed by atoms with Gasteiger partial charge in [-0.05, 0) is 36.8 Å². The van der Waals surface area contributed by atoms with Gasteiger partial charge >= 0.3 is 0 Å². The van der Waals surface area contributed by atoms with E-state index in [1.165, 1.54) is 16.7 Å². The van der Waals surface area contributed by atoms with Crippen LogP contribution in [0.25, 0.3) is 10.2 Å². The number of hydrogen-bond acceptors (Lipinski definition) is 8. The van der Waals surface area contributed by atoms with Gasteiger partial charge in [-0.15, -0.1) is 11.3 Å². The summed E-state index contributed by atoms with van der Waals surface area (Å²) in [4.78, 5) is 11.4. The predicted molar refractivity (Wildman–Crippen MR) is 113 cm³/mol. The summed E-state index contributed by atoms with van der Waals surface area (Å²) in [5.41, 5.74) is 9.17. The number of thiophene rings is 1. The van der Waals surface area contributed by atoms with Crippen molar-refractivity contribution in [1.29, 1.82) is 5.41 Å². The minimum absolute atomic E-state index is 0.502. The summed E-state index contributed by atoms with van der Waals surface area (Å²) in [6.45, 7) is 0.791. The summed E-state index contributed by atoms with van der Waals surface area (Å²) >= 11 is 1.74. The topological polar surface area (TPSA) is 106 Å². The van der Waals surface area contributed by atoms with Gasteiger partial charge in [-0.1, -0.05) is 0 Å². The van der Waals surface area contributed by atoms with Crippen LogP contribution >= 0.6 is 11.3 Å². The molecule has 28 heavy (non-hydrogen) atoms. The van der Waals surface area contributed by atoms with Crippen molar-refractivity contribution in [3.8, 4) is 5.75 Å². The van der Waals surface area contributed by atoms with E-state index in [4.69, 9.17) is 20.6 Å². The molecule has 0 saturated heterocycles. The second-order valence-electron chi connectivity index (χ2n) is 6.92. The van der Waals surface area contributed by atoms with Crippen LogP contribution in [0.5, 0.6) is 5.75 Å². The quantitative estimate of drug-likeness (QED) is 0.432. The van der Waals surface area contributed by atoms with Gasteiger partial charge in [0.2, 0.25) is 0 Å². The van der Waals surface area contributed by atoms with Crippen LogP contribution in [0.1, 0.15) is 22.4 Å². The smallest absolute Gasteiger partial charge is 0.144 e. The molecule has 0 aliphatic heterocycles. The molecule has 7 nitrogen and oxygen atoms in total. The molecule has 4 rings (SSSR count). The van der Waals surface area contributed by atoms with Crippen LogP contribution in [0.15, 0.2) is 18.5 Å². The first-order chi connectivity index (χ1) is 13.6. The van der Waals surface area contributed by atoms with Crippen molar-refractivity contribution in [2.75, 3.05) is 31.9 Å². The number of nitrogens with two attached hydrogens (primary N) is 1. The molecule has 0 fully saturated rings. The van der Waals surface area contributed by atoms with Crippen molar-refractivity contribution in [2.24, 2.45) is 5.92 Å². The van der Waals surface area contributed by atoms with E-state index >= 15 is 0 Å². The van der Waals surface area contributed by atoms with Crippen molar-refractivity contribution in [1.82, 2.24) is 9.97 Å².